The van der Waals surface area contributed by atoms with Gasteiger partial charge in [0.15, 0.2) is 0 Å². The summed E-state index contributed by atoms with van der Waals surface area (Å²) in [6, 6.07) is 4.66. The Morgan fingerprint density at radius 3 is 2.58 bits per heavy atom. The van der Waals surface area contributed by atoms with Crippen molar-refractivity contribution in [2.75, 3.05) is 13.2 Å². The third-order valence-corrected chi connectivity index (χ3v) is 2.60. The van der Waals surface area contributed by atoms with Gasteiger partial charge in [-0.1, -0.05) is 0 Å². The minimum atomic E-state index is -0.399. The highest BCUT2D eigenvalue weighted by molar-refractivity contribution is 5.42. The molecule has 0 atom stereocenters. The van der Waals surface area contributed by atoms with Crippen LogP contribution in [0.1, 0.15) is 32.8 Å². The summed E-state index contributed by atoms with van der Waals surface area (Å²) < 4.78 is 5.62. The number of rotatable bonds is 6. The molecule has 0 saturated heterocycles. The topological polar surface area (TPSA) is 64.4 Å². The van der Waals surface area contributed by atoms with Crippen LogP contribution in [0, 0.1) is 17.0 Å². The van der Waals surface area contributed by atoms with Gasteiger partial charge in [-0.25, -0.2) is 0 Å². The van der Waals surface area contributed by atoms with Gasteiger partial charge in [0.25, 0.3) is 5.69 Å². The number of hydrogen-bond donors (Lipinski definition) is 1. The van der Waals surface area contributed by atoms with Crippen molar-refractivity contribution in [3.05, 3.63) is 33.9 Å². The first-order valence-electron chi connectivity index (χ1n) is 6.42. The average Bonchev–Trinajstić information content (AvgIpc) is 2.28. The van der Waals surface area contributed by atoms with Gasteiger partial charge < -0.3 is 10.1 Å². The molecule has 106 valence electrons. The highest BCUT2D eigenvalue weighted by Crippen LogP contribution is 2.23. The van der Waals surface area contributed by atoms with Crippen LogP contribution in [0.15, 0.2) is 18.2 Å². The highest BCUT2D eigenvalue weighted by atomic mass is 16.6. The fourth-order valence-corrected chi connectivity index (χ4v) is 1.63. The zero-order chi connectivity index (χ0) is 14.5. The Bertz CT molecular complexity index is 439. The van der Waals surface area contributed by atoms with Gasteiger partial charge in [0, 0.05) is 17.7 Å². The number of ether oxygens (including phenoxy) is 1. The number of nitro benzene ring substituents is 1. The number of hydrogen-bond acceptors (Lipinski definition) is 4. The van der Waals surface area contributed by atoms with Crippen LogP contribution < -0.4 is 10.1 Å². The summed E-state index contributed by atoms with van der Waals surface area (Å²) in [7, 11) is 0. The molecule has 0 heterocycles. The summed E-state index contributed by atoms with van der Waals surface area (Å²) in [6.45, 7) is 9.66. The summed E-state index contributed by atoms with van der Waals surface area (Å²) in [6.07, 6.45) is 0.897. The molecule has 0 aliphatic rings. The molecule has 5 heteroatoms. The maximum Gasteiger partial charge on any atom is 0.269 e. The predicted molar refractivity (Wildman–Crippen MR) is 75.7 cm³/mol. The first-order chi connectivity index (χ1) is 8.79. The van der Waals surface area contributed by atoms with Crippen molar-refractivity contribution in [3.8, 4) is 5.75 Å². The Labute approximate surface area is 114 Å². The number of aryl methyl sites for hydroxylation is 1. The Kier molecular flexibility index (Phi) is 5.30. The molecule has 0 aliphatic carbocycles. The Balaban J connectivity index is 2.40. The molecule has 0 fully saturated rings. The number of non-ortho nitro benzene ring substituents is 1. The van der Waals surface area contributed by atoms with Crippen LogP contribution in [-0.2, 0) is 0 Å². The predicted octanol–water partition coefficient (Wildman–Crippen LogP) is 3.06. The van der Waals surface area contributed by atoms with Gasteiger partial charge in [0.2, 0.25) is 0 Å². The third-order valence-electron chi connectivity index (χ3n) is 2.60. The van der Waals surface area contributed by atoms with Crippen molar-refractivity contribution in [1.82, 2.24) is 5.32 Å². The molecule has 0 spiro atoms. The first kappa shape index (κ1) is 15.4. The monoisotopic (exact) mass is 266 g/mol. The summed E-state index contributed by atoms with van der Waals surface area (Å²) in [5, 5.41) is 14.0. The van der Waals surface area contributed by atoms with Crippen LogP contribution in [0.4, 0.5) is 5.69 Å². The highest BCUT2D eigenvalue weighted by Gasteiger charge is 2.09. The van der Waals surface area contributed by atoms with Crippen molar-refractivity contribution in [1.29, 1.82) is 0 Å². The van der Waals surface area contributed by atoms with E-state index in [-0.39, 0.29) is 11.2 Å². The summed E-state index contributed by atoms with van der Waals surface area (Å²) in [5.41, 5.74) is 1.00. The quantitative estimate of drug-likeness (QED) is 0.488. The Morgan fingerprint density at radius 1 is 1.37 bits per heavy atom. The van der Waals surface area contributed by atoms with Gasteiger partial charge in [0.05, 0.1) is 11.5 Å². The molecule has 0 bridgehead atoms. The molecule has 1 N–H and O–H groups in total. The second-order valence-electron chi connectivity index (χ2n) is 5.59. The molecule has 0 amide bonds. The molecule has 5 nitrogen and oxygen atoms in total. The molecule has 19 heavy (non-hydrogen) atoms. The molecular weight excluding hydrogens is 244 g/mol. The maximum atomic E-state index is 10.6. The second-order valence-corrected chi connectivity index (χ2v) is 5.59. The van der Waals surface area contributed by atoms with Crippen molar-refractivity contribution >= 4 is 5.69 Å². The van der Waals surface area contributed by atoms with Crippen LogP contribution in [0.25, 0.3) is 0 Å². The van der Waals surface area contributed by atoms with E-state index in [2.05, 4.69) is 26.1 Å². The lowest BCUT2D eigenvalue weighted by Gasteiger charge is -2.20. The van der Waals surface area contributed by atoms with Gasteiger partial charge in [-0.2, -0.15) is 0 Å². The third kappa shape index (κ3) is 5.70. The maximum absolute atomic E-state index is 10.6. The van der Waals surface area contributed by atoms with E-state index in [1.54, 1.807) is 6.07 Å². The number of nitrogens with one attached hydrogen (secondary N) is 1. The molecule has 0 aliphatic heterocycles. The lowest BCUT2D eigenvalue weighted by molar-refractivity contribution is -0.384. The molecule has 0 saturated carbocycles. The molecule has 1 rings (SSSR count). The Morgan fingerprint density at radius 2 is 2.05 bits per heavy atom. The normalized spacial score (nSPS) is 11.4. The van der Waals surface area contributed by atoms with E-state index in [1.165, 1.54) is 12.1 Å². The van der Waals surface area contributed by atoms with Gasteiger partial charge in [0.1, 0.15) is 5.75 Å². The largest absolute Gasteiger partial charge is 0.493 e. The van der Waals surface area contributed by atoms with E-state index >= 15 is 0 Å². The Hall–Kier alpha value is -1.62. The van der Waals surface area contributed by atoms with Crippen molar-refractivity contribution < 1.29 is 9.66 Å². The zero-order valence-corrected chi connectivity index (χ0v) is 12.0. The minimum absolute atomic E-state index is 0.0965. The molecule has 0 radical (unpaired) electrons. The standard InChI is InChI=1S/C14H22N2O3/c1-11-10-12(16(17)18)6-7-13(11)19-9-5-8-15-14(2,3)4/h6-7,10,15H,5,8-9H2,1-4H3. The van der Waals surface area contributed by atoms with E-state index in [1.807, 2.05) is 6.92 Å². The zero-order valence-electron chi connectivity index (χ0n) is 12.0. The number of nitro groups is 1. The van der Waals surface area contributed by atoms with Crippen LogP contribution in [-0.4, -0.2) is 23.6 Å². The molecule has 1 aromatic rings. The summed E-state index contributed by atoms with van der Waals surface area (Å²) in [4.78, 5) is 10.2. The fraction of sp³-hybridized carbons (Fsp3) is 0.571. The van der Waals surface area contributed by atoms with E-state index in [0.29, 0.717) is 12.4 Å². The SMILES string of the molecule is Cc1cc([N+](=O)[O-])ccc1OCCCNC(C)(C)C. The van der Waals surface area contributed by atoms with Crippen LogP contribution >= 0.6 is 0 Å². The first-order valence-corrected chi connectivity index (χ1v) is 6.42. The fourth-order valence-electron chi connectivity index (χ4n) is 1.63. The number of benzene rings is 1. The van der Waals surface area contributed by atoms with Gasteiger partial charge in [-0.15, -0.1) is 0 Å². The lowest BCUT2D eigenvalue weighted by atomic mass is 10.1. The minimum Gasteiger partial charge on any atom is -0.493 e. The summed E-state index contributed by atoms with van der Waals surface area (Å²) in [5.74, 6) is 0.710. The number of nitrogens with zero attached hydrogens (tertiary/aromatic N) is 1. The second kappa shape index (κ2) is 6.52. The van der Waals surface area contributed by atoms with E-state index < -0.39 is 4.92 Å². The molecule has 0 unspecified atom stereocenters. The molecular formula is C14H22N2O3. The van der Waals surface area contributed by atoms with Crippen LogP contribution in [0.2, 0.25) is 0 Å². The van der Waals surface area contributed by atoms with Crippen LogP contribution in [0.3, 0.4) is 0 Å². The van der Waals surface area contributed by atoms with Gasteiger partial charge >= 0.3 is 0 Å². The van der Waals surface area contributed by atoms with Crippen molar-refractivity contribution in [3.63, 3.8) is 0 Å². The molecule has 1 aromatic carbocycles. The van der Waals surface area contributed by atoms with Gasteiger partial charge in [-0.05, 0) is 52.3 Å². The summed E-state index contributed by atoms with van der Waals surface area (Å²) >= 11 is 0. The van der Waals surface area contributed by atoms with Crippen molar-refractivity contribution in [2.24, 2.45) is 0 Å². The average molecular weight is 266 g/mol. The van der Waals surface area contributed by atoms with E-state index in [4.69, 9.17) is 4.74 Å². The van der Waals surface area contributed by atoms with Crippen LogP contribution in [0.5, 0.6) is 5.75 Å². The lowest BCUT2D eigenvalue weighted by Crippen LogP contribution is -2.36. The molecule has 0 aromatic heterocycles. The smallest absolute Gasteiger partial charge is 0.269 e. The van der Waals surface area contributed by atoms with Crippen molar-refractivity contribution in [2.45, 2.75) is 39.7 Å². The van der Waals surface area contributed by atoms with E-state index in [9.17, 15) is 10.1 Å². The van der Waals surface area contributed by atoms with Gasteiger partial charge in [-0.3, -0.25) is 10.1 Å². The van der Waals surface area contributed by atoms with E-state index in [0.717, 1.165) is 18.5 Å².